The van der Waals surface area contributed by atoms with Gasteiger partial charge in [0.1, 0.15) is 4.90 Å². The summed E-state index contributed by atoms with van der Waals surface area (Å²) >= 11 is 6.24. The van der Waals surface area contributed by atoms with E-state index in [2.05, 4.69) is 4.72 Å². The molecule has 1 aliphatic heterocycles. The zero-order valence-corrected chi connectivity index (χ0v) is 19.1. The number of fused-ring (bicyclic) bond motifs is 1. The summed E-state index contributed by atoms with van der Waals surface area (Å²) in [5.41, 5.74) is 4.53. The van der Waals surface area contributed by atoms with Gasteiger partial charge < -0.3 is 4.90 Å². The van der Waals surface area contributed by atoms with Crippen LogP contribution in [0.3, 0.4) is 0 Å². The fourth-order valence-corrected chi connectivity index (χ4v) is 5.64. The lowest BCUT2D eigenvalue weighted by molar-refractivity contribution is 0.0981. The third-order valence-corrected chi connectivity index (χ3v) is 7.37. The summed E-state index contributed by atoms with van der Waals surface area (Å²) in [6.45, 7) is 5.75. The van der Waals surface area contributed by atoms with Crippen LogP contribution in [0.25, 0.3) is 0 Å². The van der Waals surface area contributed by atoms with E-state index in [0.29, 0.717) is 5.69 Å². The molecule has 160 valence electrons. The molecule has 3 aromatic rings. The van der Waals surface area contributed by atoms with E-state index >= 15 is 0 Å². The number of aryl methyl sites for hydroxylation is 2. The highest BCUT2D eigenvalue weighted by Gasteiger charge is 2.32. The van der Waals surface area contributed by atoms with Gasteiger partial charge in [-0.15, -0.1) is 0 Å². The molecule has 0 unspecified atom stereocenters. The summed E-state index contributed by atoms with van der Waals surface area (Å²) in [5, 5.41) is 0.0590. The monoisotopic (exact) mass is 454 g/mol. The van der Waals surface area contributed by atoms with Crippen LogP contribution < -0.4 is 9.62 Å². The van der Waals surface area contributed by atoms with Gasteiger partial charge in [-0.05, 0) is 68.7 Å². The molecule has 5 nitrogen and oxygen atoms in total. The molecule has 7 heteroatoms. The number of carbonyl (C=O) groups excluding carboxylic acids is 1. The standard InChI is InChI=1S/C24H23ClN2O3S/c1-15-8-11-21(16(2)12-15)26-31(29,30)23-14-19(9-10-20(23)25)24(28)27-17(3)13-18-6-4-5-7-22(18)27/h4-12,14,17,26H,13H2,1-3H3/t17-/m1/s1. The SMILES string of the molecule is Cc1ccc(NS(=O)(=O)c2cc(C(=O)N3c4ccccc4C[C@H]3C)ccc2Cl)c(C)c1. The molecule has 0 radical (unpaired) electrons. The Labute approximate surface area is 187 Å². The molecular formula is C24H23ClN2O3S. The number of nitrogens with one attached hydrogen (secondary N) is 1. The molecule has 0 saturated carbocycles. The number of rotatable bonds is 4. The summed E-state index contributed by atoms with van der Waals surface area (Å²) in [5.74, 6) is -0.253. The van der Waals surface area contributed by atoms with Crippen molar-refractivity contribution >= 4 is 38.9 Å². The molecule has 0 spiro atoms. The molecule has 0 aliphatic carbocycles. The molecular weight excluding hydrogens is 432 g/mol. The van der Waals surface area contributed by atoms with Crippen molar-refractivity contribution in [1.29, 1.82) is 0 Å². The van der Waals surface area contributed by atoms with Gasteiger partial charge in [-0.1, -0.05) is 47.5 Å². The zero-order valence-electron chi connectivity index (χ0n) is 17.5. The van der Waals surface area contributed by atoms with Crippen molar-refractivity contribution in [2.45, 2.75) is 38.1 Å². The van der Waals surface area contributed by atoms with Crippen LogP contribution >= 0.6 is 11.6 Å². The van der Waals surface area contributed by atoms with E-state index in [0.717, 1.165) is 28.8 Å². The third kappa shape index (κ3) is 4.05. The minimum Gasteiger partial charge on any atom is -0.305 e. The first kappa shape index (κ1) is 21.4. The van der Waals surface area contributed by atoms with Crippen LogP contribution in [0, 0.1) is 13.8 Å². The molecule has 3 aromatic carbocycles. The lowest BCUT2D eigenvalue weighted by Crippen LogP contribution is -2.35. The number of amides is 1. The van der Waals surface area contributed by atoms with Gasteiger partial charge in [0.15, 0.2) is 0 Å². The van der Waals surface area contributed by atoms with Crippen LogP contribution in [0.1, 0.15) is 34.0 Å². The molecule has 0 fully saturated rings. The molecule has 0 aromatic heterocycles. The minimum absolute atomic E-state index is 0.0195. The van der Waals surface area contributed by atoms with Gasteiger partial charge in [0.2, 0.25) is 0 Å². The molecule has 1 N–H and O–H groups in total. The Hall–Kier alpha value is -2.83. The summed E-state index contributed by atoms with van der Waals surface area (Å²) < 4.78 is 28.8. The molecule has 1 heterocycles. The highest BCUT2D eigenvalue weighted by Crippen LogP contribution is 2.34. The maximum atomic E-state index is 13.3. The summed E-state index contributed by atoms with van der Waals surface area (Å²) in [7, 11) is -3.99. The van der Waals surface area contributed by atoms with E-state index in [1.807, 2.05) is 57.2 Å². The van der Waals surface area contributed by atoms with Crippen molar-refractivity contribution in [3.05, 3.63) is 87.9 Å². The number of anilines is 2. The largest absolute Gasteiger partial charge is 0.305 e. The van der Waals surface area contributed by atoms with Crippen molar-refractivity contribution in [2.24, 2.45) is 0 Å². The van der Waals surface area contributed by atoms with Crippen LogP contribution in [0.2, 0.25) is 5.02 Å². The van der Waals surface area contributed by atoms with Gasteiger partial charge in [0.25, 0.3) is 15.9 Å². The van der Waals surface area contributed by atoms with E-state index < -0.39 is 10.0 Å². The topological polar surface area (TPSA) is 66.5 Å². The lowest BCUT2D eigenvalue weighted by atomic mass is 10.1. The van der Waals surface area contributed by atoms with Crippen LogP contribution in [0.5, 0.6) is 0 Å². The van der Waals surface area contributed by atoms with Gasteiger partial charge in [0, 0.05) is 17.3 Å². The molecule has 0 bridgehead atoms. The van der Waals surface area contributed by atoms with Crippen molar-refractivity contribution in [2.75, 3.05) is 9.62 Å². The Kier molecular flexibility index (Phi) is 5.54. The number of halogens is 1. The Morgan fingerprint density at radius 3 is 2.55 bits per heavy atom. The van der Waals surface area contributed by atoms with E-state index in [1.165, 1.54) is 12.1 Å². The zero-order chi connectivity index (χ0) is 22.3. The first-order chi connectivity index (χ1) is 14.7. The van der Waals surface area contributed by atoms with Crippen molar-refractivity contribution in [3.8, 4) is 0 Å². The lowest BCUT2D eigenvalue weighted by Gasteiger charge is -2.23. The molecule has 0 saturated heterocycles. The van der Waals surface area contributed by atoms with Crippen molar-refractivity contribution in [3.63, 3.8) is 0 Å². The van der Waals surface area contributed by atoms with Crippen LogP contribution in [0.4, 0.5) is 11.4 Å². The Balaban J connectivity index is 1.69. The summed E-state index contributed by atoms with van der Waals surface area (Å²) in [4.78, 5) is 14.9. The maximum Gasteiger partial charge on any atom is 0.263 e. The second-order valence-corrected chi connectivity index (χ2v) is 9.98. The first-order valence-electron chi connectivity index (χ1n) is 9.98. The summed E-state index contributed by atoms with van der Waals surface area (Å²) in [6, 6.07) is 17.5. The fraction of sp³-hybridized carbons (Fsp3) is 0.208. The number of para-hydroxylation sites is 1. The highest BCUT2D eigenvalue weighted by atomic mass is 35.5. The Morgan fingerprint density at radius 1 is 1.06 bits per heavy atom. The number of sulfonamides is 1. The second-order valence-electron chi connectivity index (χ2n) is 7.93. The number of hydrogen-bond donors (Lipinski definition) is 1. The number of benzene rings is 3. The number of carbonyl (C=O) groups is 1. The second kappa shape index (κ2) is 8.02. The van der Waals surface area contributed by atoms with E-state index in [9.17, 15) is 13.2 Å². The van der Waals surface area contributed by atoms with Gasteiger partial charge in [-0.2, -0.15) is 0 Å². The first-order valence-corrected chi connectivity index (χ1v) is 11.8. The minimum atomic E-state index is -3.99. The van der Waals surface area contributed by atoms with E-state index in [4.69, 9.17) is 11.6 Å². The van der Waals surface area contributed by atoms with Gasteiger partial charge in [-0.3, -0.25) is 9.52 Å². The molecule has 4 rings (SSSR count). The summed E-state index contributed by atoms with van der Waals surface area (Å²) in [6.07, 6.45) is 0.759. The number of nitrogens with zero attached hydrogens (tertiary/aromatic N) is 1. The van der Waals surface area contributed by atoms with E-state index in [1.54, 1.807) is 17.0 Å². The molecule has 1 aliphatic rings. The molecule has 1 atom stereocenters. The molecule has 31 heavy (non-hydrogen) atoms. The predicted molar refractivity (Wildman–Crippen MR) is 125 cm³/mol. The number of hydrogen-bond acceptors (Lipinski definition) is 3. The average Bonchev–Trinajstić information content (AvgIpc) is 3.05. The van der Waals surface area contributed by atoms with Gasteiger partial charge in [-0.25, -0.2) is 8.42 Å². The third-order valence-electron chi connectivity index (χ3n) is 5.52. The quantitative estimate of drug-likeness (QED) is 0.577. The normalized spacial score (nSPS) is 15.6. The van der Waals surface area contributed by atoms with Gasteiger partial charge in [0.05, 0.1) is 10.7 Å². The Morgan fingerprint density at radius 2 is 1.81 bits per heavy atom. The van der Waals surface area contributed by atoms with Crippen molar-refractivity contribution in [1.82, 2.24) is 0 Å². The average molecular weight is 455 g/mol. The smallest absolute Gasteiger partial charge is 0.263 e. The van der Waals surface area contributed by atoms with Crippen LogP contribution in [-0.4, -0.2) is 20.4 Å². The van der Waals surface area contributed by atoms with Crippen molar-refractivity contribution < 1.29 is 13.2 Å². The molecule has 1 amide bonds. The highest BCUT2D eigenvalue weighted by molar-refractivity contribution is 7.92. The maximum absolute atomic E-state index is 13.3. The van der Waals surface area contributed by atoms with E-state index in [-0.39, 0.29) is 27.4 Å². The van der Waals surface area contributed by atoms with Crippen LogP contribution in [0.15, 0.2) is 65.6 Å². The van der Waals surface area contributed by atoms with Crippen LogP contribution in [-0.2, 0) is 16.4 Å². The fourth-order valence-electron chi connectivity index (χ4n) is 3.98. The Bertz CT molecular complexity index is 1290. The van der Waals surface area contributed by atoms with Gasteiger partial charge >= 0.3 is 0 Å². The predicted octanol–water partition coefficient (Wildman–Crippen LogP) is 5.35.